The van der Waals surface area contributed by atoms with Crippen molar-refractivity contribution >= 4 is 29.7 Å². The Morgan fingerprint density at radius 1 is 1.03 bits per heavy atom. The van der Waals surface area contributed by atoms with E-state index in [1.165, 1.54) is 24.3 Å². The van der Waals surface area contributed by atoms with E-state index in [2.05, 4.69) is 16.0 Å². The van der Waals surface area contributed by atoms with Gasteiger partial charge in [0.05, 0.1) is 5.56 Å². The predicted octanol–water partition coefficient (Wildman–Crippen LogP) is 3.06. The Hall–Kier alpha value is -3.10. The molecule has 160 valence electrons. The smallest absolute Gasteiger partial charge is 0.412 e. The average molecular weight is 407 g/mol. The maximum Gasteiger partial charge on any atom is 0.412 e. The number of urea groups is 1. The lowest BCUT2D eigenvalue weighted by molar-refractivity contribution is -0.123. The van der Waals surface area contributed by atoms with Gasteiger partial charge in [0.15, 0.2) is 6.61 Å². The van der Waals surface area contributed by atoms with E-state index >= 15 is 0 Å². The summed E-state index contributed by atoms with van der Waals surface area (Å²) in [5, 5.41) is 7.16. The standard InChI is InChI=1S/C20H29N3O6/c1-13(2)10-11-21-18(26)23-16(24)12-28-17(25)14-6-8-15(9-7-14)22-19(27)29-20(3,4)5/h6-9,13H,10-12H2,1-5H3,(H,22,27)(H2,21,23,24,26). The first-order valence-corrected chi connectivity index (χ1v) is 9.31. The van der Waals surface area contributed by atoms with Gasteiger partial charge in [-0.25, -0.2) is 14.4 Å². The van der Waals surface area contributed by atoms with E-state index in [1.807, 2.05) is 13.8 Å². The summed E-state index contributed by atoms with van der Waals surface area (Å²) in [5.74, 6) is -1.04. The van der Waals surface area contributed by atoms with Gasteiger partial charge in [0.1, 0.15) is 5.60 Å². The Bertz CT molecular complexity index is 723. The second-order valence-corrected chi connectivity index (χ2v) is 7.77. The van der Waals surface area contributed by atoms with E-state index in [-0.39, 0.29) is 5.56 Å². The zero-order valence-electron chi connectivity index (χ0n) is 17.5. The largest absolute Gasteiger partial charge is 0.452 e. The fourth-order valence-corrected chi connectivity index (χ4v) is 2.01. The molecule has 1 aromatic carbocycles. The van der Waals surface area contributed by atoms with Crippen LogP contribution in [0.3, 0.4) is 0 Å². The maximum absolute atomic E-state index is 12.0. The zero-order chi connectivity index (χ0) is 22.0. The molecule has 0 heterocycles. The third-order valence-corrected chi connectivity index (χ3v) is 3.36. The van der Waals surface area contributed by atoms with E-state index in [9.17, 15) is 19.2 Å². The summed E-state index contributed by atoms with van der Waals surface area (Å²) in [6.07, 6.45) is 0.172. The Morgan fingerprint density at radius 3 is 2.21 bits per heavy atom. The summed E-state index contributed by atoms with van der Waals surface area (Å²) in [5.41, 5.74) is 0.000229. The van der Waals surface area contributed by atoms with E-state index in [4.69, 9.17) is 9.47 Å². The van der Waals surface area contributed by atoms with E-state index in [1.54, 1.807) is 20.8 Å². The number of hydrogen-bond donors (Lipinski definition) is 3. The van der Waals surface area contributed by atoms with Gasteiger partial charge in [-0.3, -0.25) is 15.4 Å². The maximum atomic E-state index is 12.0. The highest BCUT2D eigenvalue weighted by atomic mass is 16.6. The Labute approximate surface area is 170 Å². The van der Waals surface area contributed by atoms with E-state index in [0.29, 0.717) is 18.2 Å². The lowest BCUT2D eigenvalue weighted by Gasteiger charge is -2.19. The highest BCUT2D eigenvalue weighted by molar-refractivity contribution is 5.97. The van der Waals surface area contributed by atoms with Crippen LogP contribution in [0.1, 0.15) is 51.4 Å². The van der Waals surface area contributed by atoms with E-state index in [0.717, 1.165) is 6.42 Å². The van der Waals surface area contributed by atoms with Gasteiger partial charge in [-0.2, -0.15) is 0 Å². The minimum Gasteiger partial charge on any atom is -0.452 e. The fourth-order valence-electron chi connectivity index (χ4n) is 2.01. The van der Waals surface area contributed by atoms with Crippen molar-refractivity contribution in [3.8, 4) is 0 Å². The van der Waals surface area contributed by atoms with Gasteiger partial charge in [-0.15, -0.1) is 0 Å². The molecule has 0 aliphatic rings. The first-order valence-electron chi connectivity index (χ1n) is 9.31. The van der Waals surface area contributed by atoms with Crippen LogP contribution in [0.25, 0.3) is 0 Å². The second kappa shape index (κ2) is 11.0. The van der Waals surface area contributed by atoms with Gasteiger partial charge in [0.2, 0.25) is 0 Å². The minimum absolute atomic E-state index is 0.189. The first-order chi connectivity index (χ1) is 13.5. The quantitative estimate of drug-likeness (QED) is 0.597. The number of amides is 4. The van der Waals surface area contributed by atoms with Crippen LogP contribution < -0.4 is 16.0 Å². The lowest BCUT2D eigenvalue weighted by atomic mass is 10.1. The molecule has 4 amide bonds. The molecule has 1 aromatic rings. The molecule has 0 aliphatic heterocycles. The van der Waals surface area contributed by atoms with Gasteiger partial charge in [0.25, 0.3) is 5.91 Å². The topological polar surface area (TPSA) is 123 Å². The number of ether oxygens (including phenoxy) is 2. The number of benzene rings is 1. The fraction of sp³-hybridized carbons (Fsp3) is 0.500. The van der Waals surface area contributed by atoms with Crippen molar-refractivity contribution in [3.63, 3.8) is 0 Å². The van der Waals surface area contributed by atoms with Gasteiger partial charge < -0.3 is 14.8 Å². The summed E-state index contributed by atoms with van der Waals surface area (Å²) >= 11 is 0. The third-order valence-electron chi connectivity index (χ3n) is 3.36. The number of imide groups is 1. The third kappa shape index (κ3) is 10.7. The summed E-state index contributed by atoms with van der Waals surface area (Å²) in [6, 6.07) is 5.24. The molecule has 9 heteroatoms. The molecule has 0 radical (unpaired) electrons. The van der Waals surface area contributed by atoms with Gasteiger partial charge >= 0.3 is 18.1 Å². The number of esters is 1. The Kier molecular flexibility index (Phi) is 9.11. The second-order valence-electron chi connectivity index (χ2n) is 7.77. The van der Waals surface area contributed by atoms with Crippen LogP contribution in [-0.4, -0.2) is 42.8 Å². The number of hydrogen-bond acceptors (Lipinski definition) is 6. The average Bonchev–Trinajstić information content (AvgIpc) is 2.58. The molecule has 0 spiro atoms. The number of rotatable bonds is 7. The van der Waals surface area contributed by atoms with Crippen LogP contribution >= 0.6 is 0 Å². The van der Waals surface area contributed by atoms with Crippen LogP contribution in [0.15, 0.2) is 24.3 Å². The Morgan fingerprint density at radius 2 is 1.66 bits per heavy atom. The van der Waals surface area contributed by atoms with Crippen molar-refractivity contribution in [3.05, 3.63) is 29.8 Å². The molecule has 0 saturated carbocycles. The van der Waals surface area contributed by atoms with Gasteiger partial charge in [-0.1, -0.05) is 13.8 Å². The van der Waals surface area contributed by atoms with E-state index < -0.39 is 36.2 Å². The van der Waals surface area contributed by atoms with Crippen LogP contribution in [0.5, 0.6) is 0 Å². The highest BCUT2D eigenvalue weighted by Crippen LogP contribution is 2.13. The normalized spacial score (nSPS) is 10.8. The van der Waals surface area contributed by atoms with Crippen molar-refractivity contribution < 1.29 is 28.7 Å². The molecule has 0 atom stereocenters. The van der Waals surface area contributed by atoms with Crippen molar-refractivity contribution in [2.45, 2.75) is 46.6 Å². The zero-order valence-corrected chi connectivity index (χ0v) is 17.5. The summed E-state index contributed by atoms with van der Waals surface area (Å²) in [4.78, 5) is 46.9. The molecular weight excluding hydrogens is 378 g/mol. The van der Waals surface area contributed by atoms with Crippen molar-refractivity contribution in [2.24, 2.45) is 5.92 Å². The SMILES string of the molecule is CC(C)CCNC(=O)NC(=O)COC(=O)c1ccc(NC(=O)OC(C)(C)C)cc1. The van der Waals surface area contributed by atoms with Gasteiger partial charge in [-0.05, 0) is 57.4 Å². The molecule has 29 heavy (non-hydrogen) atoms. The van der Waals surface area contributed by atoms with Crippen LogP contribution in [-0.2, 0) is 14.3 Å². The first kappa shape index (κ1) is 23.9. The number of nitrogens with one attached hydrogen (secondary N) is 3. The molecule has 0 saturated heterocycles. The highest BCUT2D eigenvalue weighted by Gasteiger charge is 2.17. The molecule has 1 rings (SSSR count). The number of carbonyl (C=O) groups is 4. The number of carbonyl (C=O) groups excluding carboxylic acids is 4. The minimum atomic E-state index is -0.733. The summed E-state index contributed by atoms with van der Waals surface area (Å²) < 4.78 is 10.0. The molecule has 0 aliphatic carbocycles. The molecule has 9 nitrogen and oxygen atoms in total. The molecule has 0 fully saturated rings. The molecule has 0 bridgehead atoms. The van der Waals surface area contributed by atoms with Crippen LogP contribution in [0.4, 0.5) is 15.3 Å². The molecule has 0 aromatic heterocycles. The summed E-state index contributed by atoms with van der Waals surface area (Å²) in [7, 11) is 0. The van der Waals surface area contributed by atoms with Crippen molar-refractivity contribution in [1.29, 1.82) is 0 Å². The molecule has 0 unspecified atom stereocenters. The monoisotopic (exact) mass is 407 g/mol. The lowest BCUT2D eigenvalue weighted by Crippen LogP contribution is -2.41. The van der Waals surface area contributed by atoms with Crippen LogP contribution in [0, 0.1) is 5.92 Å². The molecule has 3 N–H and O–H groups in total. The summed E-state index contributed by atoms with van der Waals surface area (Å²) in [6.45, 7) is 9.13. The van der Waals surface area contributed by atoms with Gasteiger partial charge in [0, 0.05) is 12.2 Å². The Balaban J connectivity index is 2.41. The number of anilines is 1. The van der Waals surface area contributed by atoms with Crippen molar-refractivity contribution in [2.75, 3.05) is 18.5 Å². The molecular formula is C20H29N3O6. The predicted molar refractivity (Wildman–Crippen MR) is 108 cm³/mol. The van der Waals surface area contributed by atoms with Crippen LogP contribution in [0.2, 0.25) is 0 Å². The van der Waals surface area contributed by atoms with Crippen molar-refractivity contribution in [1.82, 2.24) is 10.6 Å².